The monoisotopic (exact) mass is 653 g/mol. The summed E-state index contributed by atoms with van der Waals surface area (Å²) in [5.74, 6) is 1.79. The van der Waals surface area contributed by atoms with E-state index >= 15 is 0 Å². The molecule has 0 fully saturated rings. The van der Waals surface area contributed by atoms with Crippen molar-refractivity contribution in [2.24, 2.45) is 0 Å². The van der Waals surface area contributed by atoms with Gasteiger partial charge in [0.15, 0.2) is 11.6 Å². The third-order valence-corrected chi connectivity index (χ3v) is 9.96. The molecule has 238 valence electrons. The quantitative estimate of drug-likeness (QED) is 0.190. The van der Waals surface area contributed by atoms with Gasteiger partial charge in [-0.15, -0.1) is 0 Å². The van der Waals surface area contributed by atoms with Crippen LogP contribution < -0.4 is 0 Å². The Kier molecular flexibility index (Phi) is 5.86. The maximum Gasteiger partial charge on any atom is 0.238 e. The Morgan fingerprint density at radius 1 is 0.373 bits per heavy atom. The number of aromatic nitrogens is 5. The van der Waals surface area contributed by atoms with Crippen LogP contribution in [-0.4, -0.2) is 24.1 Å². The summed E-state index contributed by atoms with van der Waals surface area (Å²) >= 11 is 0. The van der Waals surface area contributed by atoms with Crippen molar-refractivity contribution in [2.45, 2.75) is 0 Å². The molecule has 0 amide bonds. The van der Waals surface area contributed by atoms with E-state index in [9.17, 15) is 0 Å². The van der Waals surface area contributed by atoms with Crippen LogP contribution in [0.3, 0.4) is 0 Å². The van der Waals surface area contributed by atoms with Gasteiger partial charge in [-0.2, -0.15) is 9.97 Å². The van der Waals surface area contributed by atoms with Gasteiger partial charge >= 0.3 is 0 Å². The van der Waals surface area contributed by atoms with Crippen LogP contribution in [-0.2, 0) is 0 Å². The van der Waals surface area contributed by atoms with Gasteiger partial charge in [0.1, 0.15) is 11.2 Å². The second kappa shape index (κ2) is 10.7. The molecule has 7 aromatic carbocycles. The minimum Gasteiger partial charge on any atom is -0.456 e. The number of nitrogens with zero attached hydrogens (tertiary/aromatic N) is 5. The predicted molar refractivity (Wildman–Crippen MR) is 207 cm³/mol. The van der Waals surface area contributed by atoms with Crippen molar-refractivity contribution in [1.29, 1.82) is 0 Å². The number of rotatable bonds is 4. The molecule has 6 nitrogen and oxygen atoms in total. The minimum atomic E-state index is 0.556. The number of hydrogen-bond donors (Lipinski definition) is 0. The van der Waals surface area contributed by atoms with Crippen molar-refractivity contribution in [3.05, 3.63) is 164 Å². The average molecular weight is 654 g/mol. The van der Waals surface area contributed by atoms with E-state index in [1.807, 2.05) is 72.8 Å². The fraction of sp³-hybridized carbons (Fsp3) is 0. The van der Waals surface area contributed by atoms with E-state index < -0.39 is 0 Å². The van der Waals surface area contributed by atoms with E-state index in [-0.39, 0.29) is 0 Å². The highest BCUT2D eigenvalue weighted by Gasteiger charge is 2.24. The molecular formula is C45H27N5O. The van der Waals surface area contributed by atoms with Crippen molar-refractivity contribution in [3.8, 4) is 34.4 Å². The van der Waals surface area contributed by atoms with Gasteiger partial charge in [-0.3, -0.25) is 4.57 Å². The topological polar surface area (TPSA) is 61.7 Å². The lowest BCUT2D eigenvalue weighted by Crippen LogP contribution is -2.06. The molecule has 4 aromatic heterocycles. The maximum absolute atomic E-state index is 6.45. The predicted octanol–water partition coefficient (Wildman–Crippen LogP) is 11.3. The molecule has 0 radical (unpaired) electrons. The van der Waals surface area contributed by atoms with Crippen LogP contribution in [0.5, 0.6) is 0 Å². The van der Waals surface area contributed by atoms with Gasteiger partial charge in [-0.05, 0) is 48.5 Å². The zero-order chi connectivity index (χ0) is 33.5. The zero-order valence-corrected chi connectivity index (χ0v) is 27.2. The molecule has 0 spiro atoms. The summed E-state index contributed by atoms with van der Waals surface area (Å²) in [4.78, 5) is 15.4. The number of furan rings is 1. The SMILES string of the molecule is c1ccc(-c2nc(-c3ccccc3)nc(-n3c4cc5c6ccccc6n(-c6ccccc6)c5cc4c4c5c(ccc43)oc3ccccc35)n2)cc1. The smallest absolute Gasteiger partial charge is 0.238 e. The van der Waals surface area contributed by atoms with Gasteiger partial charge in [0.2, 0.25) is 5.95 Å². The zero-order valence-electron chi connectivity index (χ0n) is 27.2. The first-order chi connectivity index (χ1) is 25.3. The van der Waals surface area contributed by atoms with E-state index in [4.69, 9.17) is 19.4 Å². The van der Waals surface area contributed by atoms with E-state index in [1.165, 1.54) is 5.39 Å². The molecule has 0 aliphatic carbocycles. The van der Waals surface area contributed by atoms with Gasteiger partial charge in [0.25, 0.3) is 0 Å². The Morgan fingerprint density at radius 3 is 1.69 bits per heavy atom. The average Bonchev–Trinajstić information content (AvgIpc) is 3.85. The number of hydrogen-bond acceptors (Lipinski definition) is 4. The molecule has 0 bridgehead atoms. The van der Waals surface area contributed by atoms with Crippen molar-refractivity contribution in [2.75, 3.05) is 0 Å². The van der Waals surface area contributed by atoms with E-state index in [2.05, 4.69) is 100 Å². The Hall–Kier alpha value is -7.05. The Bertz CT molecular complexity index is 3060. The van der Waals surface area contributed by atoms with Crippen LogP contribution in [0.1, 0.15) is 0 Å². The highest BCUT2D eigenvalue weighted by atomic mass is 16.3. The molecule has 0 saturated heterocycles. The van der Waals surface area contributed by atoms with Crippen LogP contribution in [0.4, 0.5) is 0 Å². The van der Waals surface area contributed by atoms with E-state index in [0.717, 1.165) is 77.0 Å². The molecule has 0 aliphatic heterocycles. The fourth-order valence-corrected chi connectivity index (χ4v) is 7.75. The van der Waals surface area contributed by atoms with Crippen LogP contribution in [0.15, 0.2) is 168 Å². The molecule has 51 heavy (non-hydrogen) atoms. The molecule has 11 rings (SSSR count). The molecule has 0 unspecified atom stereocenters. The number of para-hydroxylation sites is 3. The first kappa shape index (κ1) is 27.9. The minimum absolute atomic E-state index is 0.556. The van der Waals surface area contributed by atoms with Crippen LogP contribution in [0, 0.1) is 0 Å². The lowest BCUT2D eigenvalue weighted by Gasteiger charge is -2.11. The highest BCUT2D eigenvalue weighted by molar-refractivity contribution is 6.29. The molecule has 4 heterocycles. The second-order valence-electron chi connectivity index (χ2n) is 12.9. The van der Waals surface area contributed by atoms with Crippen molar-refractivity contribution < 1.29 is 4.42 Å². The van der Waals surface area contributed by atoms with Crippen LogP contribution in [0.2, 0.25) is 0 Å². The van der Waals surface area contributed by atoms with Crippen LogP contribution in [0.25, 0.3) is 100.0 Å². The summed E-state index contributed by atoms with van der Waals surface area (Å²) in [6, 6.07) is 56.6. The number of benzene rings is 7. The summed E-state index contributed by atoms with van der Waals surface area (Å²) in [5.41, 5.74) is 8.96. The second-order valence-corrected chi connectivity index (χ2v) is 12.9. The standard InChI is InChI=1S/C45H27N5O/c1-4-14-28(15-5-1)43-46-44(29-16-6-2-7-17-29)48-45(47-43)50-36-24-25-40-42(32-21-11-13-23-39(32)51-40)41(36)34-27-37-33(26-38(34)50)31-20-10-12-22-35(31)49(37)30-18-8-3-9-19-30/h1-27H. The molecule has 11 aromatic rings. The van der Waals surface area contributed by atoms with Crippen LogP contribution >= 0.6 is 0 Å². The van der Waals surface area contributed by atoms with Crippen molar-refractivity contribution in [3.63, 3.8) is 0 Å². The lowest BCUT2D eigenvalue weighted by atomic mass is 10.0. The normalized spacial score (nSPS) is 11.9. The van der Waals surface area contributed by atoms with E-state index in [0.29, 0.717) is 17.6 Å². The summed E-state index contributed by atoms with van der Waals surface area (Å²) in [6.45, 7) is 0. The maximum atomic E-state index is 6.45. The fourth-order valence-electron chi connectivity index (χ4n) is 7.75. The molecular weight excluding hydrogens is 627 g/mol. The highest BCUT2D eigenvalue weighted by Crippen LogP contribution is 2.44. The Labute approximate surface area is 291 Å². The molecule has 0 aliphatic rings. The van der Waals surface area contributed by atoms with Crippen molar-refractivity contribution >= 4 is 65.6 Å². The third-order valence-electron chi connectivity index (χ3n) is 9.96. The Balaban J connectivity index is 1.33. The largest absolute Gasteiger partial charge is 0.456 e. The summed E-state index contributed by atoms with van der Waals surface area (Å²) in [6.07, 6.45) is 0. The van der Waals surface area contributed by atoms with Gasteiger partial charge in [-0.25, -0.2) is 4.98 Å². The van der Waals surface area contributed by atoms with E-state index in [1.54, 1.807) is 0 Å². The van der Waals surface area contributed by atoms with Crippen molar-refractivity contribution in [1.82, 2.24) is 24.1 Å². The number of fused-ring (bicyclic) bond motifs is 10. The molecule has 0 atom stereocenters. The first-order valence-corrected chi connectivity index (χ1v) is 17.0. The van der Waals surface area contributed by atoms with Gasteiger partial charge in [0.05, 0.1) is 22.1 Å². The molecule has 0 saturated carbocycles. The summed E-state index contributed by atoms with van der Waals surface area (Å²) < 4.78 is 11.0. The van der Waals surface area contributed by atoms with Gasteiger partial charge < -0.3 is 8.98 Å². The first-order valence-electron chi connectivity index (χ1n) is 17.0. The summed E-state index contributed by atoms with van der Waals surface area (Å²) in [7, 11) is 0. The molecule has 0 N–H and O–H groups in total. The lowest BCUT2D eigenvalue weighted by molar-refractivity contribution is 0.669. The Morgan fingerprint density at radius 2 is 0.961 bits per heavy atom. The summed E-state index contributed by atoms with van der Waals surface area (Å²) in [5, 5.41) is 6.68. The van der Waals surface area contributed by atoms with Gasteiger partial charge in [-0.1, -0.05) is 115 Å². The third kappa shape index (κ3) is 4.14. The molecule has 6 heteroatoms. The van der Waals surface area contributed by atoms with Gasteiger partial charge in [0, 0.05) is 49.1 Å².